The van der Waals surface area contributed by atoms with E-state index in [0.29, 0.717) is 16.0 Å². The highest BCUT2D eigenvalue weighted by Gasteiger charge is 2.20. The van der Waals surface area contributed by atoms with E-state index in [1.54, 1.807) is 5.38 Å². The highest BCUT2D eigenvalue weighted by Crippen LogP contribution is 2.35. The first-order valence-electron chi connectivity index (χ1n) is 4.41. The van der Waals surface area contributed by atoms with Crippen molar-refractivity contribution in [2.24, 2.45) is 0 Å². The summed E-state index contributed by atoms with van der Waals surface area (Å²) in [5.74, 6) is -0.402. The number of hydrogen-bond donors (Lipinski definition) is 0. The molecule has 0 amide bonds. The average molecular weight is 249 g/mol. The second-order valence-corrected chi connectivity index (χ2v) is 4.76. The zero-order valence-electron chi connectivity index (χ0n) is 8.39. The number of rotatable bonds is 2. The molecule has 3 nitrogen and oxygen atoms in total. The Bertz CT molecular complexity index is 549. The third-order valence-electron chi connectivity index (χ3n) is 2.07. The smallest absolute Gasteiger partial charge is 0.339 e. The molecule has 2 heterocycles. The Kier molecular flexibility index (Phi) is 3.04. The summed E-state index contributed by atoms with van der Waals surface area (Å²) in [4.78, 5) is 13.0. The molecule has 0 saturated carbocycles. The topological polar surface area (TPSA) is 50.1 Å². The van der Waals surface area contributed by atoms with E-state index < -0.39 is 5.97 Å². The maximum atomic E-state index is 11.5. The molecule has 80 valence electrons. The minimum atomic E-state index is -0.402. The summed E-state index contributed by atoms with van der Waals surface area (Å²) >= 11 is 2.76. The lowest BCUT2D eigenvalue weighted by Crippen LogP contribution is -2.00. The number of thiophene rings is 2. The van der Waals surface area contributed by atoms with Crippen molar-refractivity contribution in [3.63, 3.8) is 0 Å². The fourth-order valence-electron chi connectivity index (χ4n) is 1.37. The lowest BCUT2D eigenvalue weighted by Gasteiger charge is -2.00. The Hall–Kier alpha value is -1.64. The van der Waals surface area contributed by atoms with Crippen LogP contribution >= 0.6 is 22.7 Å². The van der Waals surface area contributed by atoms with Crippen LogP contribution < -0.4 is 0 Å². The number of carbonyl (C=O) groups is 1. The van der Waals surface area contributed by atoms with Gasteiger partial charge in [-0.1, -0.05) is 6.07 Å². The fraction of sp³-hybridized carbons (Fsp3) is 0.0909. The summed E-state index contributed by atoms with van der Waals surface area (Å²) in [7, 11) is 1.34. The molecule has 0 radical (unpaired) electrons. The average Bonchev–Trinajstić information content (AvgIpc) is 2.95. The molecule has 0 aliphatic heterocycles. The van der Waals surface area contributed by atoms with Crippen LogP contribution in [0.25, 0.3) is 10.4 Å². The van der Waals surface area contributed by atoms with Crippen molar-refractivity contribution in [3.05, 3.63) is 33.3 Å². The maximum Gasteiger partial charge on any atom is 0.339 e. The molecule has 0 aromatic carbocycles. The summed E-state index contributed by atoms with van der Waals surface area (Å²) in [6, 6.07) is 5.88. The maximum absolute atomic E-state index is 11.5. The molecule has 0 saturated heterocycles. The van der Waals surface area contributed by atoms with E-state index in [4.69, 9.17) is 10.00 Å². The number of nitrogens with zero attached hydrogens (tertiary/aromatic N) is 1. The van der Waals surface area contributed by atoms with E-state index in [0.717, 1.165) is 4.88 Å². The van der Waals surface area contributed by atoms with Crippen LogP contribution in [0.5, 0.6) is 0 Å². The Morgan fingerprint density at radius 3 is 2.88 bits per heavy atom. The number of carbonyl (C=O) groups excluding carboxylic acids is 1. The van der Waals surface area contributed by atoms with E-state index in [-0.39, 0.29) is 0 Å². The van der Waals surface area contributed by atoms with Gasteiger partial charge in [-0.2, -0.15) is 5.26 Å². The van der Waals surface area contributed by atoms with Crippen molar-refractivity contribution in [3.8, 4) is 16.5 Å². The minimum absolute atomic E-state index is 0.402. The number of nitriles is 1. The molecule has 0 N–H and O–H groups in total. The molecule has 0 unspecified atom stereocenters. The monoisotopic (exact) mass is 249 g/mol. The lowest BCUT2D eigenvalue weighted by molar-refractivity contribution is 0.0602. The van der Waals surface area contributed by atoms with Crippen LogP contribution in [-0.2, 0) is 4.74 Å². The quantitative estimate of drug-likeness (QED) is 0.768. The van der Waals surface area contributed by atoms with Crippen molar-refractivity contribution in [2.45, 2.75) is 0 Å². The predicted molar refractivity (Wildman–Crippen MR) is 63.7 cm³/mol. The molecule has 2 aromatic heterocycles. The Labute approximate surface area is 101 Å². The Morgan fingerprint density at radius 2 is 2.31 bits per heavy atom. The number of ether oxygens (including phenoxy) is 1. The third-order valence-corrected chi connectivity index (χ3v) is 3.84. The van der Waals surface area contributed by atoms with Gasteiger partial charge in [-0.15, -0.1) is 22.7 Å². The van der Waals surface area contributed by atoms with Gasteiger partial charge in [0.05, 0.1) is 12.7 Å². The van der Waals surface area contributed by atoms with Crippen molar-refractivity contribution in [1.82, 2.24) is 0 Å². The number of methoxy groups -OCH3 is 1. The molecule has 0 aliphatic rings. The van der Waals surface area contributed by atoms with Crippen molar-refractivity contribution < 1.29 is 9.53 Å². The van der Waals surface area contributed by atoms with Crippen LogP contribution in [0.15, 0.2) is 22.9 Å². The normalized spacial score (nSPS) is 9.75. The summed E-state index contributed by atoms with van der Waals surface area (Å²) in [5, 5.41) is 12.6. The highest BCUT2D eigenvalue weighted by atomic mass is 32.1. The lowest BCUT2D eigenvalue weighted by atomic mass is 10.1. The molecule has 0 spiro atoms. The zero-order valence-corrected chi connectivity index (χ0v) is 10.0. The van der Waals surface area contributed by atoms with Crippen molar-refractivity contribution in [2.75, 3.05) is 7.11 Å². The molecule has 0 bridgehead atoms. The standard InChI is InChI=1S/C11H7NO2S2/c1-14-11(13)7-6-16-9(5-12)10(7)8-3-2-4-15-8/h2-4,6H,1H3. The molecular weight excluding hydrogens is 242 g/mol. The van der Waals surface area contributed by atoms with Gasteiger partial charge in [0.15, 0.2) is 0 Å². The van der Waals surface area contributed by atoms with Crippen LogP contribution in [0.4, 0.5) is 0 Å². The van der Waals surface area contributed by atoms with Crippen LogP contribution in [0.2, 0.25) is 0 Å². The molecule has 2 aromatic rings. The molecule has 5 heteroatoms. The van der Waals surface area contributed by atoms with Gasteiger partial charge < -0.3 is 4.74 Å². The minimum Gasteiger partial charge on any atom is -0.465 e. The van der Waals surface area contributed by atoms with E-state index in [9.17, 15) is 4.79 Å². The molecule has 2 rings (SSSR count). The first-order chi connectivity index (χ1) is 7.77. The van der Waals surface area contributed by atoms with E-state index in [1.807, 2.05) is 17.5 Å². The molecule has 0 atom stereocenters. The summed E-state index contributed by atoms with van der Waals surface area (Å²) in [6.07, 6.45) is 0. The van der Waals surface area contributed by atoms with Crippen LogP contribution in [0.1, 0.15) is 15.2 Å². The molecule has 0 aliphatic carbocycles. The second-order valence-electron chi connectivity index (χ2n) is 2.93. The fourth-order valence-corrected chi connectivity index (χ4v) is 3.06. The van der Waals surface area contributed by atoms with Gasteiger partial charge in [0.2, 0.25) is 0 Å². The molecule has 16 heavy (non-hydrogen) atoms. The van der Waals surface area contributed by atoms with Crippen molar-refractivity contribution >= 4 is 28.6 Å². The summed E-state index contributed by atoms with van der Waals surface area (Å²) in [6.45, 7) is 0. The summed E-state index contributed by atoms with van der Waals surface area (Å²) < 4.78 is 4.70. The Balaban J connectivity index is 2.61. The SMILES string of the molecule is COC(=O)c1csc(C#N)c1-c1cccs1. The zero-order chi connectivity index (χ0) is 11.5. The first kappa shape index (κ1) is 10.9. The Morgan fingerprint density at radius 1 is 1.50 bits per heavy atom. The van der Waals surface area contributed by atoms with E-state index in [2.05, 4.69) is 6.07 Å². The van der Waals surface area contributed by atoms with Crippen LogP contribution in [0.3, 0.4) is 0 Å². The third kappa shape index (κ3) is 1.73. The van der Waals surface area contributed by atoms with Gasteiger partial charge >= 0.3 is 5.97 Å². The van der Waals surface area contributed by atoms with E-state index >= 15 is 0 Å². The van der Waals surface area contributed by atoms with Crippen LogP contribution in [-0.4, -0.2) is 13.1 Å². The van der Waals surface area contributed by atoms with E-state index in [1.165, 1.54) is 29.8 Å². The van der Waals surface area contributed by atoms with Gasteiger partial charge in [0, 0.05) is 15.8 Å². The highest BCUT2D eigenvalue weighted by molar-refractivity contribution is 7.15. The second kappa shape index (κ2) is 4.47. The predicted octanol–water partition coefficient (Wildman–Crippen LogP) is 3.13. The molecular formula is C11H7NO2S2. The van der Waals surface area contributed by atoms with Gasteiger partial charge in [0.25, 0.3) is 0 Å². The van der Waals surface area contributed by atoms with Crippen molar-refractivity contribution in [1.29, 1.82) is 5.26 Å². The summed E-state index contributed by atoms with van der Waals surface area (Å²) in [5.41, 5.74) is 1.15. The first-order valence-corrected chi connectivity index (χ1v) is 6.17. The van der Waals surface area contributed by atoms with Gasteiger partial charge in [0.1, 0.15) is 10.9 Å². The number of hydrogen-bond acceptors (Lipinski definition) is 5. The van der Waals surface area contributed by atoms with Crippen LogP contribution in [0, 0.1) is 11.3 Å². The van der Waals surface area contributed by atoms with Gasteiger partial charge in [-0.3, -0.25) is 0 Å². The number of esters is 1. The van der Waals surface area contributed by atoms with Gasteiger partial charge in [-0.05, 0) is 11.4 Å². The molecule has 0 fully saturated rings. The largest absolute Gasteiger partial charge is 0.465 e. The van der Waals surface area contributed by atoms with Gasteiger partial charge in [-0.25, -0.2) is 4.79 Å².